The van der Waals surface area contributed by atoms with Crippen molar-refractivity contribution in [2.75, 3.05) is 13.2 Å². The number of aliphatic hydroxyl groups is 2. The maximum atomic E-state index is 13.5. The van der Waals surface area contributed by atoms with Gasteiger partial charge in [0.05, 0.1) is 34.2 Å². The maximum Gasteiger partial charge on any atom is 0.257 e. The number of nitrogens with one attached hydrogen (secondary N) is 2. The third-order valence-corrected chi connectivity index (χ3v) is 8.61. The largest absolute Gasteiger partial charge is 0.395 e. The molecule has 0 spiro atoms. The van der Waals surface area contributed by atoms with Gasteiger partial charge in [0.1, 0.15) is 6.23 Å². The summed E-state index contributed by atoms with van der Waals surface area (Å²) in [5, 5.41) is 30.9. The van der Waals surface area contributed by atoms with E-state index in [4.69, 9.17) is 4.74 Å². The molecule has 5 aromatic rings. The van der Waals surface area contributed by atoms with E-state index in [1.807, 2.05) is 53.1 Å². The molecule has 8 rings (SSSR count). The van der Waals surface area contributed by atoms with Crippen LogP contribution in [-0.4, -0.2) is 49.9 Å². The molecular weight excluding hydrogens is 472 g/mol. The van der Waals surface area contributed by atoms with Crippen molar-refractivity contribution in [1.82, 2.24) is 19.8 Å². The number of hydrogen-bond donors (Lipinski definition) is 4. The highest BCUT2D eigenvalue weighted by Crippen LogP contribution is 2.57. The van der Waals surface area contributed by atoms with Crippen LogP contribution in [0.1, 0.15) is 35.5 Å². The fourth-order valence-electron chi connectivity index (χ4n) is 7.07. The van der Waals surface area contributed by atoms with E-state index in [1.165, 1.54) is 0 Å². The number of para-hydroxylation sites is 2. The Kier molecular flexibility index (Phi) is 3.83. The van der Waals surface area contributed by atoms with Gasteiger partial charge in [-0.15, -0.1) is 0 Å². The summed E-state index contributed by atoms with van der Waals surface area (Å²) in [5.74, 6) is -0.690. The first kappa shape index (κ1) is 21.2. The van der Waals surface area contributed by atoms with Gasteiger partial charge in [0, 0.05) is 41.1 Å². The number of ether oxygens (including phenoxy) is 1. The van der Waals surface area contributed by atoms with Crippen LogP contribution in [0, 0.1) is 0 Å². The molecular formula is C28H24N4O5. The number of amides is 2. The minimum absolute atomic E-state index is 0.00522. The lowest BCUT2D eigenvalue weighted by Crippen LogP contribution is -2.59. The fraction of sp³-hybridized carbons (Fsp3) is 0.286. The Labute approximate surface area is 210 Å². The molecule has 2 amide bonds. The lowest BCUT2D eigenvalue weighted by Gasteiger charge is -2.38. The van der Waals surface area contributed by atoms with E-state index in [0.29, 0.717) is 12.1 Å². The number of aliphatic hydroxyl groups excluding tert-OH is 1. The zero-order chi connectivity index (χ0) is 25.3. The van der Waals surface area contributed by atoms with Crippen molar-refractivity contribution in [2.45, 2.75) is 37.4 Å². The quantitative estimate of drug-likeness (QED) is 0.306. The summed E-state index contributed by atoms with van der Waals surface area (Å²) in [4.78, 5) is 26.8. The molecule has 4 N–H and O–H groups in total. The molecule has 1 fully saturated rings. The van der Waals surface area contributed by atoms with E-state index >= 15 is 0 Å². The van der Waals surface area contributed by atoms with Crippen LogP contribution in [0.4, 0.5) is 0 Å². The molecule has 0 saturated carbocycles. The summed E-state index contributed by atoms with van der Waals surface area (Å²) >= 11 is 0. The van der Waals surface area contributed by atoms with Gasteiger partial charge in [-0.2, -0.15) is 0 Å². The van der Waals surface area contributed by atoms with E-state index in [-0.39, 0.29) is 25.5 Å². The fourth-order valence-corrected chi connectivity index (χ4v) is 7.07. The Hall–Kier alpha value is -3.92. The lowest BCUT2D eigenvalue weighted by atomic mass is 9.87. The molecule has 3 atom stereocenters. The smallest absolute Gasteiger partial charge is 0.257 e. The number of fused-ring (bicyclic) bond motifs is 13. The molecule has 2 bridgehead atoms. The average molecular weight is 497 g/mol. The second-order valence-corrected chi connectivity index (χ2v) is 10.3. The predicted octanol–water partition coefficient (Wildman–Crippen LogP) is 2.59. The number of aromatic nitrogens is 2. The summed E-state index contributed by atoms with van der Waals surface area (Å²) in [6.07, 6.45) is -0.660. The van der Waals surface area contributed by atoms with Gasteiger partial charge in [-0.3, -0.25) is 9.59 Å². The predicted molar refractivity (Wildman–Crippen MR) is 137 cm³/mol. The number of benzene rings is 3. The molecule has 0 aliphatic carbocycles. The second kappa shape index (κ2) is 6.69. The average Bonchev–Trinajstić information content (AvgIpc) is 3.59. The molecule has 0 radical (unpaired) electrons. The zero-order valence-corrected chi connectivity index (χ0v) is 20.0. The number of carbonyl (C=O) groups excluding carboxylic acids is 2. The van der Waals surface area contributed by atoms with Crippen LogP contribution in [0.15, 0.2) is 48.5 Å². The Morgan fingerprint density at radius 2 is 1.81 bits per heavy atom. The van der Waals surface area contributed by atoms with Crippen LogP contribution in [0.5, 0.6) is 0 Å². The van der Waals surface area contributed by atoms with Gasteiger partial charge in [0.25, 0.3) is 11.8 Å². The molecule has 9 heteroatoms. The number of hydrogen-bond acceptors (Lipinski definition) is 5. The molecule has 9 nitrogen and oxygen atoms in total. The second-order valence-electron chi connectivity index (χ2n) is 10.3. The Morgan fingerprint density at radius 3 is 2.57 bits per heavy atom. The van der Waals surface area contributed by atoms with Crippen molar-refractivity contribution in [3.05, 3.63) is 59.7 Å². The van der Waals surface area contributed by atoms with E-state index in [0.717, 1.165) is 49.2 Å². The molecule has 0 unspecified atom stereocenters. The Bertz CT molecular complexity index is 1870. The number of carbonyl (C=O) groups is 2. The van der Waals surface area contributed by atoms with Crippen LogP contribution in [0.3, 0.4) is 0 Å². The summed E-state index contributed by atoms with van der Waals surface area (Å²) in [6.45, 7) is 1.95. The summed E-state index contributed by atoms with van der Waals surface area (Å²) in [6, 6.07) is 15.7. The van der Waals surface area contributed by atoms with Crippen molar-refractivity contribution < 1.29 is 24.5 Å². The number of rotatable bonds is 3. The standard InChI is InChI=1S/C28H24N4O5/c1-27-28(36,26(35)29-10-11-33)12-19(37-27)31-17-8-4-2-6-14(17)21-22-16(13-30-25(22)34)20-15-7-3-5-9-18(15)32(27)24(20)23(21)31/h2-9,19,33,36H,10-13H2,1H3,(H,29,35)(H,30,34)/t19-,27+,28+/m1/s1. The normalized spacial score (nSPS) is 25.9. The van der Waals surface area contributed by atoms with Crippen LogP contribution in [-0.2, 0) is 21.8 Å². The molecule has 186 valence electrons. The van der Waals surface area contributed by atoms with E-state index < -0.39 is 23.5 Å². The molecule has 3 aromatic carbocycles. The van der Waals surface area contributed by atoms with Crippen molar-refractivity contribution in [2.24, 2.45) is 0 Å². The molecule has 2 aromatic heterocycles. The molecule has 3 aliphatic heterocycles. The van der Waals surface area contributed by atoms with Gasteiger partial charge in [-0.1, -0.05) is 36.4 Å². The monoisotopic (exact) mass is 496 g/mol. The topological polar surface area (TPSA) is 118 Å². The van der Waals surface area contributed by atoms with E-state index in [1.54, 1.807) is 6.92 Å². The minimum atomic E-state index is -1.93. The van der Waals surface area contributed by atoms with Gasteiger partial charge >= 0.3 is 0 Å². The summed E-state index contributed by atoms with van der Waals surface area (Å²) in [5.41, 5.74) is 1.59. The third kappa shape index (κ3) is 2.23. The van der Waals surface area contributed by atoms with Gasteiger partial charge < -0.3 is 34.7 Å². The molecule has 37 heavy (non-hydrogen) atoms. The Balaban J connectivity index is 1.64. The maximum absolute atomic E-state index is 13.5. The third-order valence-electron chi connectivity index (χ3n) is 8.61. The van der Waals surface area contributed by atoms with Crippen molar-refractivity contribution >= 4 is 55.4 Å². The van der Waals surface area contributed by atoms with Crippen LogP contribution in [0.2, 0.25) is 0 Å². The lowest BCUT2D eigenvalue weighted by molar-refractivity contribution is -0.187. The van der Waals surface area contributed by atoms with E-state index in [2.05, 4.69) is 15.2 Å². The van der Waals surface area contributed by atoms with Crippen molar-refractivity contribution in [3.63, 3.8) is 0 Å². The molecule has 5 heterocycles. The SMILES string of the molecule is C[C@]12O[C@H](C[C@]1(O)C(=O)NCCO)n1c3ccccc3c3c4c(c5c6ccccc6n2c5c31)CNC4=O. The highest BCUT2D eigenvalue weighted by molar-refractivity contribution is 6.31. The van der Waals surface area contributed by atoms with Gasteiger partial charge in [0.15, 0.2) is 11.3 Å². The summed E-state index contributed by atoms with van der Waals surface area (Å²) in [7, 11) is 0. The van der Waals surface area contributed by atoms with Crippen LogP contribution >= 0.6 is 0 Å². The number of nitrogens with zero attached hydrogens (tertiary/aromatic N) is 2. The summed E-state index contributed by atoms with van der Waals surface area (Å²) < 4.78 is 10.7. The molecule has 1 saturated heterocycles. The highest BCUT2D eigenvalue weighted by atomic mass is 16.6. The van der Waals surface area contributed by atoms with Gasteiger partial charge in [-0.25, -0.2) is 0 Å². The zero-order valence-electron chi connectivity index (χ0n) is 20.0. The Morgan fingerprint density at radius 1 is 1.11 bits per heavy atom. The van der Waals surface area contributed by atoms with Crippen molar-refractivity contribution in [3.8, 4) is 0 Å². The van der Waals surface area contributed by atoms with Gasteiger partial charge in [0.2, 0.25) is 0 Å². The molecule has 3 aliphatic rings. The first-order valence-electron chi connectivity index (χ1n) is 12.5. The highest BCUT2D eigenvalue weighted by Gasteiger charge is 2.64. The van der Waals surface area contributed by atoms with Gasteiger partial charge in [-0.05, 0) is 24.6 Å². The van der Waals surface area contributed by atoms with Crippen molar-refractivity contribution in [1.29, 1.82) is 0 Å². The van der Waals surface area contributed by atoms with E-state index in [9.17, 15) is 19.8 Å². The first-order valence-corrected chi connectivity index (χ1v) is 12.5. The van der Waals surface area contributed by atoms with Crippen LogP contribution in [0.25, 0.3) is 43.6 Å². The van der Waals surface area contributed by atoms with Crippen LogP contribution < -0.4 is 10.6 Å². The first-order chi connectivity index (χ1) is 17.9. The minimum Gasteiger partial charge on any atom is -0.395 e.